The van der Waals surface area contributed by atoms with E-state index in [1.807, 2.05) is 30.6 Å². The molecule has 9 heteroatoms. The van der Waals surface area contributed by atoms with E-state index < -0.39 is 6.04 Å². The number of piperidine rings is 1. The predicted molar refractivity (Wildman–Crippen MR) is 136 cm³/mol. The molecule has 2 fully saturated rings. The third kappa shape index (κ3) is 5.89. The molecule has 8 nitrogen and oxygen atoms in total. The summed E-state index contributed by atoms with van der Waals surface area (Å²) in [5.41, 5.74) is 2.46. The zero-order valence-electron chi connectivity index (χ0n) is 19.8. The lowest BCUT2D eigenvalue weighted by Crippen LogP contribution is -2.31. The predicted octanol–water partition coefficient (Wildman–Crippen LogP) is 3.91. The van der Waals surface area contributed by atoms with E-state index in [1.165, 1.54) is 17.8 Å². The Labute approximate surface area is 209 Å². The van der Waals surface area contributed by atoms with E-state index >= 15 is 0 Å². The van der Waals surface area contributed by atoms with Crippen LogP contribution in [-0.4, -0.2) is 60.8 Å². The number of benzene rings is 1. The van der Waals surface area contributed by atoms with Gasteiger partial charge in [-0.1, -0.05) is 24.8 Å². The van der Waals surface area contributed by atoms with Crippen molar-refractivity contribution in [1.82, 2.24) is 15.1 Å². The fourth-order valence-corrected chi connectivity index (χ4v) is 5.17. The van der Waals surface area contributed by atoms with E-state index in [0.717, 1.165) is 36.4 Å². The van der Waals surface area contributed by atoms with Gasteiger partial charge in [-0.2, -0.15) is 5.26 Å². The lowest BCUT2D eigenvalue weighted by atomic mass is 10.1. The van der Waals surface area contributed by atoms with Gasteiger partial charge < -0.3 is 19.9 Å². The van der Waals surface area contributed by atoms with Crippen molar-refractivity contribution in [1.29, 1.82) is 5.26 Å². The number of esters is 1. The first-order valence-corrected chi connectivity index (χ1v) is 12.6. The van der Waals surface area contributed by atoms with Gasteiger partial charge in [-0.3, -0.25) is 4.79 Å². The molecule has 1 aromatic carbocycles. The maximum Gasteiger partial charge on any atom is 0.328 e. The zero-order valence-corrected chi connectivity index (χ0v) is 20.6. The molecule has 0 bridgehead atoms. The highest BCUT2D eigenvalue weighted by atomic mass is 32.1. The van der Waals surface area contributed by atoms with Gasteiger partial charge >= 0.3 is 5.97 Å². The molecule has 2 aliphatic rings. The van der Waals surface area contributed by atoms with Crippen molar-refractivity contribution >= 4 is 40.9 Å². The summed E-state index contributed by atoms with van der Waals surface area (Å²) in [6, 6.07) is 10.8. The number of nitriles is 1. The van der Waals surface area contributed by atoms with Crippen molar-refractivity contribution in [3.05, 3.63) is 57.8 Å². The number of aliphatic imine (C=N–C) groups is 1. The number of cyclic esters (lactones) is 1. The van der Waals surface area contributed by atoms with Gasteiger partial charge in [0.2, 0.25) is 0 Å². The molecule has 35 heavy (non-hydrogen) atoms. The van der Waals surface area contributed by atoms with Crippen LogP contribution in [0.25, 0.3) is 5.70 Å². The van der Waals surface area contributed by atoms with Crippen LogP contribution in [0.3, 0.4) is 0 Å². The molecule has 0 aliphatic carbocycles. The minimum atomic E-state index is -0.436. The first-order chi connectivity index (χ1) is 17.0. The van der Waals surface area contributed by atoms with Gasteiger partial charge in [0, 0.05) is 38.8 Å². The molecule has 0 radical (unpaired) electrons. The van der Waals surface area contributed by atoms with Crippen molar-refractivity contribution < 1.29 is 14.3 Å². The topological polar surface area (TPSA) is 98.0 Å². The Kier molecular flexibility index (Phi) is 7.83. The molecule has 1 unspecified atom stereocenters. The van der Waals surface area contributed by atoms with Crippen LogP contribution in [0.5, 0.6) is 0 Å². The molecule has 2 aliphatic heterocycles. The van der Waals surface area contributed by atoms with Crippen molar-refractivity contribution in [2.24, 2.45) is 4.99 Å². The maximum atomic E-state index is 13.5. The van der Waals surface area contributed by atoms with Crippen molar-refractivity contribution in [3.63, 3.8) is 0 Å². The third-order valence-corrected chi connectivity index (χ3v) is 7.30. The Bertz CT molecular complexity index is 1180. The Hall–Kier alpha value is -3.64. The lowest BCUT2D eigenvalue weighted by Gasteiger charge is -2.23. The van der Waals surface area contributed by atoms with Crippen molar-refractivity contribution in [2.45, 2.75) is 38.3 Å². The van der Waals surface area contributed by atoms with E-state index in [1.54, 1.807) is 18.0 Å². The molecule has 2 saturated heterocycles. The second-order valence-corrected chi connectivity index (χ2v) is 9.78. The fourth-order valence-electron chi connectivity index (χ4n) is 4.13. The van der Waals surface area contributed by atoms with Gasteiger partial charge in [0.15, 0.2) is 0 Å². The standard InChI is InChI=1S/C26H29N5O3S/c1-18(29-21-10-13-34-26(21)33)23-14-22(28-17-31-11-6-3-7-12-31)24(35-23)25(32)30(2)16-20-9-5-4-8-19(20)15-27/h4-5,8-9,14,17,21,29H,1,3,6-7,10-13,16H2,2H3. The smallest absolute Gasteiger partial charge is 0.328 e. The minimum Gasteiger partial charge on any atom is -0.464 e. The van der Waals surface area contributed by atoms with Crippen LogP contribution in [-0.2, 0) is 16.1 Å². The maximum absolute atomic E-state index is 13.5. The summed E-state index contributed by atoms with van der Waals surface area (Å²) < 4.78 is 5.03. The number of ether oxygens (including phenoxy) is 1. The van der Waals surface area contributed by atoms with Crippen LogP contribution in [0.15, 0.2) is 41.9 Å². The SMILES string of the molecule is C=C(NC1CCOC1=O)c1cc(N=CN2CCCCC2)c(C(=O)N(C)Cc2ccccc2C#N)s1. The van der Waals surface area contributed by atoms with Crippen molar-refractivity contribution in [2.75, 3.05) is 26.7 Å². The van der Waals surface area contributed by atoms with Gasteiger partial charge in [0.05, 0.1) is 35.1 Å². The van der Waals surface area contributed by atoms with Gasteiger partial charge in [0.1, 0.15) is 10.9 Å². The van der Waals surface area contributed by atoms with Crippen LogP contribution in [0.1, 0.15) is 51.4 Å². The highest BCUT2D eigenvalue weighted by Crippen LogP contribution is 2.34. The zero-order chi connectivity index (χ0) is 24.8. The second-order valence-electron chi connectivity index (χ2n) is 8.73. The number of carbonyl (C=O) groups is 2. The number of amides is 1. The highest BCUT2D eigenvalue weighted by Gasteiger charge is 2.28. The summed E-state index contributed by atoms with van der Waals surface area (Å²) in [6.07, 6.45) is 5.88. The van der Waals surface area contributed by atoms with E-state index in [2.05, 4.69) is 27.9 Å². The molecule has 1 aromatic heterocycles. The fraction of sp³-hybridized carbons (Fsp3) is 0.385. The lowest BCUT2D eigenvalue weighted by molar-refractivity contribution is -0.139. The van der Waals surface area contributed by atoms with Crippen LogP contribution in [0.2, 0.25) is 0 Å². The van der Waals surface area contributed by atoms with E-state index in [-0.39, 0.29) is 11.9 Å². The molecule has 182 valence electrons. The number of nitrogens with one attached hydrogen (secondary N) is 1. The molecule has 0 spiro atoms. The number of nitrogens with zero attached hydrogens (tertiary/aromatic N) is 4. The summed E-state index contributed by atoms with van der Waals surface area (Å²) in [4.78, 5) is 35.0. The molecule has 1 atom stereocenters. The van der Waals surface area contributed by atoms with E-state index in [4.69, 9.17) is 4.74 Å². The normalized spacial score (nSPS) is 17.8. The molecule has 0 saturated carbocycles. The molecule has 4 rings (SSSR count). The summed E-state index contributed by atoms with van der Waals surface area (Å²) >= 11 is 1.29. The summed E-state index contributed by atoms with van der Waals surface area (Å²) in [7, 11) is 1.72. The number of carbonyl (C=O) groups excluding carboxylic acids is 2. The van der Waals surface area contributed by atoms with Crippen LogP contribution >= 0.6 is 11.3 Å². The quantitative estimate of drug-likeness (QED) is 0.342. The Morgan fingerprint density at radius 3 is 2.86 bits per heavy atom. The minimum absolute atomic E-state index is 0.187. The molecule has 3 heterocycles. The average Bonchev–Trinajstić information content (AvgIpc) is 3.49. The Morgan fingerprint density at radius 2 is 2.14 bits per heavy atom. The molecule has 1 N–H and O–H groups in total. The number of likely N-dealkylation sites (tertiary alicyclic amines) is 1. The van der Waals surface area contributed by atoms with Crippen LogP contribution < -0.4 is 5.32 Å². The molecular weight excluding hydrogens is 462 g/mol. The first kappa shape index (κ1) is 24.5. The van der Waals surface area contributed by atoms with E-state index in [9.17, 15) is 14.9 Å². The largest absolute Gasteiger partial charge is 0.464 e. The number of hydrogen-bond acceptors (Lipinski definition) is 7. The summed E-state index contributed by atoms with van der Waals surface area (Å²) in [6.45, 7) is 6.68. The Morgan fingerprint density at radius 1 is 1.37 bits per heavy atom. The van der Waals surface area contributed by atoms with E-state index in [0.29, 0.717) is 41.4 Å². The average molecular weight is 492 g/mol. The highest BCUT2D eigenvalue weighted by molar-refractivity contribution is 7.15. The second kappa shape index (κ2) is 11.2. The first-order valence-electron chi connectivity index (χ1n) is 11.7. The van der Waals surface area contributed by atoms with Gasteiger partial charge in [0.25, 0.3) is 5.91 Å². The van der Waals surface area contributed by atoms with Crippen LogP contribution in [0, 0.1) is 11.3 Å². The summed E-state index contributed by atoms with van der Waals surface area (Å²) in [5, 5.41) is 12.5. The third-order valence-electron chi connectivity index (χ3n) is 6.13. The van der Waals surface area contributed by atoms with Gasteiger partial charge in [-0.25, -0.2) is 9.79 Å². The van der Waals surface area contributed by atoms with Gasteiger partial charge in [-0.05, 0) is 37.0 Å². The van der Waals surface area contributed by atoms with Crippen molar-refractivity contribution in [3.8, 4) is 6.07 Å². The number of hydrogen-bond donors (Lipinski definition) is 1. The number of thiophene rings is 1. The molecule has 2 aromatic rings. The number of rotatable bonds is 8. The summed E-state index contributed by atoms with van der Waals surface area (Å²) in [5.74, 6) is -0.480. The molecule has 1 amide bonds. The Balaban J connectivity index is 1.58. The van der Waals surface area contributed by atoms with Crippen LogP contribution in [0.4, 0.5) is 5.69 Å². The van der Waals surface area contributed by atoms with Gasteiger partial charge in [-0.15, -0.1) is 11.3 Å². The monoisotopic (exact) mass is 491 g/mol. The molecular formula is C26H29N5O3S.